The quantitative estimate of drug-likeness (QED) is 0.725. The summed E-state index contributed by atoms with van der Waals surface area (Å²) in [6, 6.07) is 1.65. The summed E-state index contributed by atoms with van der Waals surface area (Å²) in [6.07, 6.45) is 2.01. The van der Waals surface area contributed by atoms with E-state index in [-0.39, 0.29) is 23.2 Å². The van der Waals surface area contributed by atoms with Gasteiger partial charge in [-0.25, -0.2) is 8.42 Å². The van der Waals surface area contributed by atoms with Gasteiger partial charge in [-0.3, -0.25) is 9.48 Å². The van der Waals surface area contributed by atoms with Gasteiger partial charge >= 0.3 is 0 Å². The molecule has 1 aliphatic heterocycles. The predicted molar refractivity (Wildman–Crippen MR) is 59.0 cm³/mol. The number of aromatic nitrogens is 2. The van der Waals surface area contributed by atoms with Crippen molar-refractivity contribution in [3.05, 3.63) is 18.0 Å². The van der Waals surface area contributed by atoms with Crippen LogP contribution in [-0.2, 0) is 16.4 Å². The van der Waals surface area contributed by atoms with Crippen molar-refractivity contribution in [3.8, 4) is 0 Å². The van der Waals surface area contributed by atoms with E-state index in [1.54, 1.807) is 16.9 Å². The highest BCUT2D eigenvalue weighted by Gasteiger charge is 2.34. The minimum Gasteiger partial charge on any atom is -0.292 e. The highest BCUT2D eigenvalue weighted by molar-refractivity contribution is 7.91. The molecule has 6 heteroatoms. The zero-order valence-electron chi connectivity index (χ0n) is 9.09. The second-order valence-electron chi connectivity index (χ2n) is 4.00. The Morgan fingerprint density at radius 3 is 2.94 bits per heavy atom. The van der Waals surface area contributed by atoms with Gasteiger partial charge in [-0.05, 0) is 19.4 Å². The number of Topliss-reactive ketones (excluding diaryl/α,β-unsaturated/α-hetero) is 1. The summed E-state index contributed by atoms with van der Waals surface area (Å²) in [6.45, 7) is 2.52. The highest BCUT2D eigenvalue weighted by Crippen LogP contribution is 2.22. The Hall–Kier alpha value is -1.17. The van der Waals surface area contributed by atoms with Gasteiger partial charge in [0.05, 0.1) is 11.5 Å². The van der Waals surface area contributed by atoms with Gasteiger partial charge in [-0.1, -0.05) is 0 Å². The molecule has 2 rings (SSSR count). The molecular formula is C10H14N2O3S. The largest absolute Gasteiger partial charge is 0.292 e. The maximum absolute atomic E-state index is 12.1. The number of ketones is 1. The van der Waals surface area contributed by atoms with Crippen LogP contribution in [0.1, 0.15) is 23.8 Å². The van der Waals surface area contributed by atoms with E-state index in [1.165, 1.54) is 0 Å². The highest BCUT2D eigenvalue weighted by atomic mass is 32.2. The van der Waals surface area contributed by atoms with Crippen LogP contribution in [0.3, 0.4) is 0 Å². The molecular weight excluding hydrogens is 228 g/mol. The van der Waals surface area contributed by atoms with Gasteiger partial charge in [0, 0.05) is 18.7 Å². The van der Waals surface area contributed by atoms with Gasteiger partial charge in [0.1, 0.15) is 5.69 Å². The molecule has 0 saturated carbocycles. The normalized spacial score (nSPS) is 23.4. The third-order valence-corrected chi connectivity index (χ3v) is 4.64. The van der Waals surface area contributed by atoms with Crippen LogP contribution < -0.4 is 0 Å². The van der Waals surface area contributed by atoms with Crippen LogP contribution in [0.2, 0.25) is 0 Å². The molecule has 0 aromatic carbocycles. The lowest BCUT2D eigenvalue weighted by Gasteiger charge is -2.07. The first-order valence-electron chi connectivity index (χ1n) is 5.30. The van der Waals surface area contributed by atoms with Crippen LogP contribution in [0.4, 0.5) is 0 Å². The summed E-state index contributed by atoms with van der Waals surface area (Å²) in [5, 5.41) is 4.01. The summed E-state index contributed by atoms with van der Waals surface area (Å²) in [5.74, 6) is -0.364. The van der Waals surface area contributed by atoms with E-state index >= 15 is 0 Å². The van der Waals surface area contributed by atoms with Gasteiger partial charge in [0.25, 0.3) is 0 Å². The molecule has 5 nitrogen and oxygen atoms in total. The number of aryl methyl sites for hydroxylation is 1. The van der Waals surface area contributed by atoms with E-state index in [9.17, 15) is 13.2 Å². The van der Waals surface area contributed by atoms with Gasteiger partial charge in [-0.2, -0.15) is 5.10 Å². The molecule has 16 heavy (non-hydrogen) atoms. The summed E-state index contributed by atoms with van der Waals surface area (Å²) < 4.78 is 24.2. The first-order chi connectivity index (χ1) is 7.53. The fourth-order valence-corrected chi connectivity index (χ4v) is 3.75. The molecule has 1 saturated heterocycles. The first-order valence-corrected chi connectivity index (χ1v) is 7.12. The number of carbonyl (C=O) groups excluding carboxylic acids is 1. The van der Waals surface area contributed by atoms with Crippen molar-refractivity contribution in [1.29, 1.82) is 0 Å². The first kappa shape index (κ1) is 11.3. The monoisotopic (exact) mass is 242 g/mol. The Bertz CT molecular complexity index is 504. The smallest absolute Gasteiger partial charge is 0.184 e. The lowest BCUT2D eigenvalue weighted by molar-refractivity contribution is 0.0922. The molecule has 1 atom stereocenters. The number of carbonyl (C=O) groups is 1. The summed E-state index contributed by atoms with van der Waals surface area (Å²) in [7, 11) is -3.00. The van der Waals surface area contributed by atoms with Crippen molar-refractivity contribution in [3.63, 3.8) is 0 Å². The molecule has 2 heterocycles. The van der Waals surface area contributed by atoms with E-state index < -0.39 is 9.84 Å². The molecule has 0 N–H and O–H groups in total. The van der Waals surface area contributed by atoms with Gasteiger partial charge < -0.3 is 0 Å². The van der Waals surface area contributed by atoms with Crippen LogP contribution in [0.25, 0.3) is 0 Å². The minimum atomic E-state index is -3.00. The molecule has 0 aliphatic carbocycles. The van der Waals surface area contributed by atoms with Crippen molar-refractivity contribution >= 4 is 15.6 Å². The van der Waals surface area contributed by atoms with E-state index in [4.69, 9.17) is 0 Å². The van der Waals surface area contributed by atoms with Gasteiger partial charge in [0.2, 0.25) is 0 Å². The van der Waals surface area contributed by atoms with Crippen molar-refractivity contribution < 1.29 is 13.2 Å². The van der Waals surface area contributed by atoms with Crippen molar-refractivity contribution in [2.45, 2.75) is 19.9 Å². The number of hydrogen-bond acceptors (Lipinski definition) is 4. The second kappa shape index (κ2) is 4.01. The Balaban J connectivity index is 2.21. The van der Waals surface area contributed by atoms with Crippen molar-refractivity contribution in [2.75, 3.05) is 11.5 Å². The van der Waals surface area contributed by atoms with Crippen LogP contribution in [0.5, 0.6) is 0 Å². The van der Waals surface area contributed by atoms with Crippen LogP contribution in [0, 0.1) is 5.92 Å². The van der Waals surface area contributed by atoms with Gasteiger partial charge in [0.15, 0.2) is 15.6 Å². The fourth-order valence-electron chi connectivity index (χ4n) is 2.00. The zero-order chi connectivity index (χ0) is 11.8. The topological polar surface area (TPSA) is 69.0 Å². The van der Waals surface area contributed by atoms with Crippen LogP contribution >= 0.6 is 0 Å². The van der Waals surface area contributed by atoms with Crippen molar-refractivity contribution in [1.82, 2.24) is 9.78 Å². The Kier molecular flexibility index (Phi) is 2.84. The summed E-state index contributed by atoms with van der Waals surface area (Å²) in [5.41, 5.74) is 0.518. The maximum atomic E-state index is 12.1. The molecule has 0 amide bonds. The minimum absolute atomic E-state index is 0.0132. The Morgan fingerprint density at radius 1 is 1.62 bits per heavy atom. The van der Waals surface area contributed by atoms with E-state index in [1.807, 2.05) is 6.92 Å². The molecule has 0 spiro atoms. The Morgan fingerprint density at radius 2 is 2.38 bits per heavy atom. The third-order valence-electron chi connectivity index (χ3n) is 2.87. The number of nitrogens with zero attached hydrogens (tertiary/aromatic N) is 2. The van der Waals surface area contributed by atoms with E-state index in [0.717, 1.165) is 0 Å². The molecule has 0 bridgehead atoms. The number of sulfone groups is 1. The average Bonchev–Trinajstić information content (AvgIpc) is 2.82. The van der Waals surface area contributed by atoms with Crippen LogP contribution in [0.15, 0.2) is 12.3 Å². The molecule has 1 fully saturated rings. The molecule has 0 radical (unpaired) electrons. The SMILES string of the molecule is CCn1nccc1C(=O)C1CCS(=O)(=O)C1. The lowest BCUT2D eigenvalue weighted by Crippen LogP contribution is -2.20. The second-order valence-corrected chi connectivity index (χ2v) is 6.23. The predicted octanol–water partition coefficient (Wildman–Crippen LogP) is 0.520. The van der Waals surface area contributed by atoms with Crippen molar-refractivity contribution in [2.24, 2.45) is 5.92 Å². The molecule has 1 aliphatic rings. The van der Waals surface area contributed by atoms with E-state index in [2.05, 4.69) is 5.10 Å². The summed E-state index contributed by atoms with van der Waals surface area (Å²) in [4.78, 5) is 12.1. The zero-order valence-corrected chi connectivity index (χ0v) is 9.90. The number of hydrogen-bond donors (Lipinski definition) is 0. The lowest BCUT2D eigenvalue weighted by atomic mass is 10.0. The third kappa shape index (κ3) is 2.02. The number of rotatable bonds is 3. The van der Waals surface area contributed by atoms with Gasteiger partial charge in [-0.15, -0.1) is 0 Å². The molecule has 1 unspecified atom stereocenters. The molecule has 1 aromatic rings. The standard InChI is InChI=1S/C10H14N2O3S/c1-2-12-9(3-5-11-12)10(13)8-4-6-16(14,15)7-8/h3,5,8H,2,4,6-7H2,1H3. The summed E-state index contributed by atoms with van der Waals surface area (Å²) >= 11 is 0. The van der Waals surface area contributed by atoms with E-state index in [0.29, 0.717) is 18.7 Å². The molecule has 1 aromatic heterocycles. The Labute approximate surface area is 94.4 Å². The average molecular weight is 242 g/mol. The molecule has 88 valence electrons. The maximum Gasteiger partial charge on any atom is 0.184 e. The fraction of sp³-hybridized carbons (Fsp3) is 0.600. The van der Waals surface area contributed by atoms with Crippen LogP contribution in [-0.4, -0.2) is 35.5 Å².